The molecule has 0 bridgehead atoms. The molecule has 7 nitrogen and oxygen atoms in total. The summed E-state index contributed by atoms with van der Waals surface area (Å²) in [5.41, 5.74) is 1.75. The standard InChI is InChI=1S/C25H35F3N4O3/c1-15-11-19(20-13-31(24(5,6)14-34-20)22(33)35-23(2,3)4)32-21(29-15)12-18(30-32)16-7-9-17(10-8-16)25(26,27)28/h11-12,16-17,20H,7-10,13-14H2,1-6H3/t16-,17-,20-/m1/s1. The molecule has 2 aliphatic rings. The molecular weight excluding hydrogens is 461 g/mol. The predicted molar refractivity (Wildman–Crippen MR) is 124 cm³/mol. The number of ether oxygens (including phenoxy) is 2. The molecule has 3 heterocycles. The van der Waals surface area contributed by atoms with Gasteiger partial charge in [-0.2, -0.15) is 18.3 Å². The van der Waals surface area contributed by atoms with Crippen molar-refractivity contribution in [2.75, 3.05) is 13.2 Å². The highest BCUT2D eigenvalue weighted by Crippen LogP contribution is 2.43. The molecule has 1 saturated heterocycles. The van der Waals surface area contributed by atoms with E-state index in [1.165, 1.54) is 0 Å². The number of carbonyl (C=O) groups excluding carboxylic acids is 1. The van der Waals surface area contributed by atoms with Gasteiger partial charge in [-0.3, -0.25) is 4.90 Å². The molecule has 1 saturated carbocycles. The van der Waals surface area contributed by atoms with Crippen molar-refractivity contribution in [3.05, 3.63) is 29.2 Å². The van der Waals surface area contributed by atoms with Crippen LogP contribution in [-0.4, -0.2) is 56.1 Å². The summed E-state index contributed by atoms with van der Waals surface area (Å²) in [6, 6.07) is 3.76. The second-order valence-electron chi connectivity index (χ2n) is 11.5. The molecule has 0 unspecified atom stereocenters. The molecule has 2 aromatic rings. The molecule has 0 spiro atoms. The van der Waals surface area contributed by atoms with Gasteiger partial charge in [0.15, 0.2) is 5.65 Å². The maximum Gasteiger partial charge on any atom is 0.410 e. The Labute approximate surface area is 204 Å². The van der Waals surface area contributed by atoms with E-state index in [1.807, 2.05) is 53.7 Å². The lowest BCUT2D eigenvalue weighted by Gasteiger charge is -2.45. The number of fused-ring (bicyclic) bond motifs is 1. The molecule has 10 heteroatoms. The highest BCUT2D eigenvalue weighted by molar-refractivity contribution is 5.69. The molecule has 1 aliphatic carbocycles. The van der Waals surface area contributed by atoms with Crippen molar-refractivity contribution in [2.45, 2.75) is 96.6 Å². The Morgan fingerprint density at radius 2 is 1.80 bits per heavy atom. The molecular formula is C25H35F3N4O3. The maximum absolute atomic E-state index is 13.1. The summed E-state index contributed by atoms with van der Waals surface area (Å²) in [6.45, 7) is 11.8. The number of rotatable bonds is 2. The number of hydrogen-bond donors (Lipinski definition) is 0. The summed E-state index contributed by atoms with van der Waals surface area (Å²) in [5.74, 6) is -1.27. The van der Waals surface area contributed by atoms with E-state index >= 15 is 0 Å². The first-order valence-corrected chi connectivity index (χ1v) is 12.2. The number of amides is 1. The van der Waals surface area contributed by atoms with Gasteiger partial charge in [0.05, 0.1) is 36.0 Å². The fraction of sp³-hybridized carbons (Fsp3) is 0.720. The monoisotopic (exact) mass is 496 g/mol. The van der Waals surface area contributed by atoms with Crippen LogP contribution in [-0.2, 0) is 9.47 Å². The fourth-order valence-corrected chi connectivity index (χ4v) is 4.96. The minimum atomic E-state index is -4.14. The Balaban J connectivity index is 1.60. The van der Waals surface area contributed by atoms with Crippen LogP contribution in [0, 0.1) is 12.8 Å². The molecule has 4 rings (SSSR count). The van der Waals surface area contributed by atoms with E-state index in [1.54, 1.807) is 9.42 Å². The van der Waals surface area contributed by atoms with E-state index in [0.717, 1.165) is 17.1 Å². The predicted octanol–water partition coefficient (Wildman–Crippen LogP) is 5.96. The third-order valence-electron chi connectivity index (χ3n) is 6.87. The van der Waals surface area contributed by atoms with Crippen LogP contribution < -0.4 is 0 Å². The Morgan fingerprint density at radius 1 is 1.14 bits per heavy atom. The Kier molecular flexibility index (Phi) is 6.57. The summed E-state index contributed by atoms with van der Waals surface area (Å²) in [5, 5.41) is 4.76. The van der Waals surface area contributed by atoms with Crippen molar-refractivity contribution in [2.24, 2.45) is 5.92 Å². The van der Waals surface area contributed by atoms with Gasteiger partial charge in [-0.25, -0.2) is 14.3 Å². The zero-order valence-electron chi connectivity index (χ0n) is 21.3. The minimum Gasteiger partial charge on any atom is -0.444 e. The van der Waals surface area contributed by atoms with Gasteiger partial charge in [0.1, 0.15) is 11.7 Å². The van der Waals surface area contributed by atoms with Crippen LogP contribution in [0.2, 0.25) is 0 Å². The molecule has 0 radical (unpaired) electrons. The quantitative estimate of drug-likeness (QED) is 0.513. The molecule has 1 amide bonds. The SMILES string of the molecule is Cc1cc([C@H]2CN(C(=O)OC(C)(C)C)C(C)(C)CO2)n2nc([C@H]3CC[C@H](C(F)(F)F)CC3)cc2n1. The molecule has 0 N–H and O–H groups in total. The second kappa shape index (κ2) is 8.94. The van der Waals surface area contributed by atoms with Gasteiger partial charge in [-0.15, -0.1) is 0 Å². The average molecular weight is 497 g/mol. The van der Waals surface area contributed by atoms with E-state index < -0.39 is 35.4 Å². The zero-order valence-corrected chi connectivity index (χ0v) is 21.3. The summed E-state index contributed by atoms with van der Waals surface area (Å²) in [6.07, 6.45) is -3.86. The zero-order chi connectivity index (χ0) is 25.8. The van der Waals surface area contributed by atoms with Gasteiger partial charge in [0.25, 0.3) is 0 Å². The molecule has 1 atom stereocenters. The number of halogens is 3. The number of morpholine rings is 1. The van der Waals surface area contributed by atoms with Crippen LogP contribution in [0.15, 0.2) is 12.1 Å². The molecule has 194 valence electrons. The topological polar surface area (TPSA) is 69.0 Å². The van der Waals surface area contributed by atoms with Crippen molar-refractivity contribution >= 4 is 11.7 Å². The van der Waals surface area contributed by atoms with Gasteiger partial charge in [-0.05, 0) is 73.3 Å². The van der Waals surface area contributed by atoms with Crippen molar-refractivity contribution in [1.29, 1.82) is 0 Å². The van der Waals surface area contributed by atoms with Crippen LogP contribution in [0.1, 0.15) is 89.4 Å². The number of carbonyl (C=O) groups is 1. The van der Waals surface area contributed by atoms with Crippen molar-refractivity contribution < 1.29 is 27.4 Å². The van der Waals surface area contributed by atoms with Crippen LogP contribution in [0.25, 0.3) is 5.65 Å². The third kappa shape index (κ3) is 5.57. The normalized spacial score (nSPS) is 25.6. The van der Waals surface area contributed by atoms with Gasteiger partial charge < -0.3 is 9.47 Å². The van der Waals surface area contributed by atoms with E-state index in [-0.39, 0.29) is 25.3 Å². The van der Waals surface area contributed by atoms with E-state index in [9.17, 15) is 18.0 Å². The number of nitrogens with zero attached hydrogens (tertiary/aromatic N) is 4. The van der Waals surface area contributed by atoms with E-state index in [2.05, 4.69) is 4.98 Å². The molecule has 35 heavy (non-hydrogen) atoms. The number of hydrogen-bond acceptors (Lipinski definition) is 5. The molecule has 2 fully saturated rings. The smallest absolute Gasteiger partial charge is 0.410 e. The van der Waals surface area contributed by atoms with Crippen molar-refractivity contribution in [1.82, 2.24) is 19.5 Å². The van der Waals surface area contributed by atoms with E-state index in [4.69, 9.17) is 14.6 Å². The van der Waals surface area contributed by atoms with E-state index in [0.29, 0.717) is 25.1 Å². The lowest BCUT2D eigenvalue weighted by atomic mass is 9.80. The molecule has 2 aromatic heterocycles. The number of alkyl halides is 3. The average Bonchev–Trinajstić information content (AvgIpc) is 3.15. The largest absolute Gasteiger partial charge is 0.444 e. The van der Waals surface area contributed by atoms with Gasteiger partial charge >= 0.3 is 12.3 Å². The van der Waals surface area contributed by atoms with Crippen LogP contribution in [0.5, 0.6) is 0 Å². The summed E-state index contributed by atoms with van der Waals surface area (Å²) < 4.78 is 52.8. The first-order chi connectivity index (χ1) is 16.1. The maximum atomic E-state index is 13.1. The third-order valence-corrected chi connectivity index (χ3v) is 6.87. The van der Waals surface area contributed by atoms with Crippen LogP contribution in [0.4, 0.5) is 18.0 Å². The van der Waals surface area contributed by atoms with Crippen molar-refractivity contribution in [3.8, 4) is 0 Å². The summed E-state index contributed by atoms with van der Waals surface area (Å²) >= 11 is 0. The highest BCUT2D eigenvalue weighted by Gasteiger charge is 2.43. The van der Waals surface area contributed by atoms with Gasteiger partial charge in [0, 0.05) is 17.7 Å². The first kappa shape index (κ1) is 25.7. The van der Waals surface area contributed by atoms with Crippen LogP contribution >= 0.6 is 0 Å². The summed E-state index contributed by atoms with van der Waals surface area (Å²) in [4.78, 5) is 19.3. The summed E-state index contributed by atoms with van der Waals surface area (Å²) in [7, 11) is 0. The Hall–Kier alpha value is -2.36. The highest BCUT2D eigenvalue weighted by atomic mass is 19.4. The fourth-order valence-electron chi connectivity index (χ4n) is 4.96. The van der Waals surface area contributed by atoms with Crippen molar-refractivity contribution in [3.63, 3.8) is 0 Å². The Morgan fingerprint density at radius 3 is 2.40 bits per heavy atom. The number of aromatic nitrogens is 3. The van der Waals surface area contributed by atoms with Gasteiger partial charge in [-0.1, -0.05) is 0 Å². The molecule has 0 aromatic carbocycles. The lowest BCUT2D eigenvalue weighted by molar-refractivity contribution is -0.182. The molecule has 1 aliphatic heterocycles. The minimum absolute atomic E-state index is 0.0343. The lowest BCUT2D eigenvalue weighted by Crippen LogP contribution is -2.57. The number of aryl methyl sites for hydroxylation is 1. The van der Waals surface area contributed by atoms with Gasteiger partial charge in [0.2, 0.25) is 0 Å². The first-order valence-electron chi connectivity index (χ1n) is 12.2. The van der Waals surface area contributed by atoms with Crippen LogP contribution in [0.3, 0.4) is 0 Å². The Bertz CT molecular complexity index is 1080. The second-order valence-corrected chi connectivity index (χ2v) is 11.5.